The third kappa shape index (κ3) is 3.38. The number of ether oxygens (including phenoxy) is 2. The maximum atomic E-state index is 11.3. The first-order valence-electron chi connectivity index (χ1n) is 8.08. The summed E-state index contributed by atoms with van der Waals surface area (Å²) < 4.78 is 11.5. The average molecular weight is 266 g/mol. The van der Waals surface area contributed by atoms with Gasteiger partial charge in [-0.25, -0.2) is 0 Å². The van der Waals surface area contributed by atoms with Crippen LogP contribution in [0.15, 0.2) is 0 Å². The third-order valence-corrected chi connectivity index (χ3v) is 5.31. The van der Waals surface area contributed by atoms with Crippen molar-refractivity contribution < 1.29 is 14.3 Å². The van der Waals surface area contributed by atoms with E-state index in [1.165, 1.54) is 25.7 Å². The van der Waals surface area contributed by atoms with E-state index in [1.54, 1.807) is 0 Å². The van der Waals surface area contributed by atoms with Gasteiger partial charge in [0, 0.05) is 18.8 Å². The van der Waals surface area contributed by atoms with Gasteiger partial charge >= 0.3 is 0 Å². The van der Waals surface area contributed by atoms with Crippen molar-refractivity contribution in [3.63, 3.8) is 0 Å². The van der Waals surface area contributed by atoms with E-state index in [4.69, 9.17) is 9.47 Å². The molecule has 1 aliphatic heterocycles. The molecular formula is C16H26O3. The molecule has 108 valence electrons. The Morgan fingerprint density at radius 3 is 1.89 bits per heavy atom. The molecule has 0 unspecified atom stereocenters. The molecule has 0 spiro atoms. The summed E-state index contributed by atoms with van der Waals surface area (Å²) in [5.74, 6) is 2.76. The minimum Gasteiger partial charge on any atom is -0.352 e. The summed E-state index contributed by atoms with van der Waals surface area (Å²) in [4.78, 5) is 11.3. The predicted molar refractivity (Wildman–Crippen MR) is 72.7 cm³/mol. The molecule has 3 fully saturated rings. The molecule has 0 bridgehead atoms. The Balaban J connectivity index is 1.45. The van der Waals surface area contributed by atoms with Crippen LogP contribution in [0, 0.1) is 17.8 Å². The van der Waals surface area contributed by atoms with Crippen LogP contribution < -0.4 is 0 Å². The van der Waals surface area contributed by atoms with Crippen LogP contribution in [0.4, 0.5) is 0 Å². The standard InChI is InChI=1S/C16H26O3/c17-15-8-6-13(7-9-15)12-2-4-14(5-3-12)16-18-10-1-11-19-16/h12-14,16H,1-11H2. The van der Waals surface area contributed by atoms with E-state index >= 15 is 0 Å². The van der Waals surface area contributed by atoms with Crippen molar-refractivity contribution in [2.24, 2.45) is 17.8 Å². The number of ketones is 1. The Kier molecular flexibility index (Phi) is 4.54. The topological polar surface area (TPSA) is 35.5 Å². The third-order valence-electron chi connectivity index (χ3n) is 5.31. The zero-order valence-corrected chi connectivity index (χ0v) is 11.8. The van der Waals surface area contributed by atoms with Crippen molar-refractivity contribution in [1.29, 1.82) is 0 Å². The maximum Gasteiger partial charge on any atom is 0.160 e. The van der Waals surface area contributed by atoms with Crippen molar-refractivity contribution in [3.8, 4) is 0 Å². The van der Waals surface area contributed by atoms with E-state index in [0.717, 1.165) is 57.2 Å². The lowest BCUT2D eigenvalue weighted by Gasteiger charge is -2.38. The predicted octanol–water partition coefficient (Wildman–Crippen LogP) is 3.32. The highest BCUT2D eigenvalue weighted by molar-refractivity contribution is 5.79. The number of Topliss-reactive ketones (excluding diaryl/α,β-unsaturated/α-hetero) is 1. The molecule has 0 aromatic heterocycles. The zero-order valence-electron chi connectivity index (χ0n) is 11.8. The molecule has 0 aromatic carbocycles. The Hall–Kier alpha value is -0.410. The van der Waals surface area contributed by atoms with E-state index in [-0.39, 0.29) is 6.29 Å². The maximum absolute atomic E-state index is 11.3. The van der Waals surface area contributed by atoms with Gasteiger partial charge in [0.15, 0.2) is 6.29 Å². The first-order valence-corrected chi connectivity index (χ1v) is 8.08. The quantitative estimate of drug-likeness (QED) is 0.769. The Morgan fingerprint density at radius 1 is 0.737 bits per heavy atom. The average Bonchev–Trinajstić information content (AvgIpc) is 2.49. The summed E-state index contributed by atoms with van der Waals surface area (Å²) in [7, 11) is 0. The fourth-order valence-electron chi connectivity index (χ4n) is 4.10. The molecule has 0 amide bonds. The smallest absolute Gasteiger partial charge is 0.160 e. The first kappa shape index (κ1) is 13.6. The van der Waals surface area contributed by atoms with Crippen LogP contribution in [0.2, 0.25) is 0 Å². The lowest BCUT2D eigenvalue weighted by molar-refractivity contribution is -0.211. The molecule has 3 heteroatoms. The van der Waals surface area contributed by atoms with Gasteiger partial charge in [-0.15, -0.1) is 0 Å². The highest BCUT2D eigenvalue weighted by Gasteiger charge is 2.34. The summed E-state index contributed by atoms with van der Waals surface area (Å²) in [6.07, 6.45) is 10.2. The van der Waals surface area contributed by atoms with Crippen LogP contribution >= 0.6 is 0 Å². The minimum absolute atomic E-state index is 0.0719. The van der Waals surface area contributed by atoms with Crippen LogP contribution in [-0.4, -0.2) is 25.3 Å². The molecule has 19 heavy (non-hydrogen) atoms. The van der Waals surface area contributed by atoms with Gasteiger partial charge in [0.1, 0.15) is 5.78 Å². The zero-order chi connectivity index (χ0) is 13.1. The van der Waals surface area contributed by atoms with E-state index in [2.05, 4.69) is 0 Å². The molecule has 0 atom stereocenters. The SMILES string of the molecule is O=C1CCC(C2CCC(C3OCCCO3)CC2)CC1. The van der Waals surface area contributed by atoms with Crippen LogP contribution in [-0.2, 0) is 14.3 Å². The van der Waals surface area contributed by atoms with Crippen molar-refractivity contribution in [2.75, 3.05) is 13.2 Å². The lowest BCUT2D eigenvalue weighted by Crippen LogP contribution is -2.36. The molecule has 0 radical (unpaired) electrons. The highest BCUT2D eigenvalue weighted by atomic mass is 16.7. The van der Waals surface area contributed by atoms with Gasteiger partial charge < -0.3 is 9.47 Å². The van der Waals surface area contributed by atoms with E-state index in [9.17, 15) is 4.79 Å². The Morgan fingerprint density at radius 2 is 1.26 bits per heavy atom. The van der Waals surface area contributed by atoms with Crippen LogP contribution in [0.1, 0.15) is 57.8 Å². The Bertz CT molecular complexity index is 291. The molecule has 2 saturated carbocycles. The van der Waals surface area contributed by atoms with Gasteiger partial charge in [0.25, 0.3) is 0 Å². The molecule has 0 aromatic rings. The van der Waals surface area contributed by atoms with E-state index < -0.39 is 0 Å². The second-order valence-corrected chi connectivity index (χ2v) is 6.51. The summed E-state index contributed by atoms with van der Waals surface area (Å²) in [6.45, 7) is 1.74. The lowest BCUT2D eigenvalue weighted by atomic mass is 9.70. The summed E-state index contributed by atoms with van der Waals surface area (Å²) in [6, 6.07) is 0. The fraction of sp³-hybridized carbons (Fsp3) is 0.938. The first-order chi connectivity index (χ1) is 9.33. The summed E-state index contributed by atoms with van der Waals surface area (Å²) in [5.41, 5.74) is 0. The molecule has 3 aliphatic rings. The largest absolute Gasteiger partial charge is 0.352 e. The van der Waals surface area contributed by atoms with Crippen LogP contribution in [0.3, 0.4) is 0 Å². The summed E-state index contributed by atoms with van der Waals surface area (Å²) in [5, 5.41) is 0. The summed E-state index contributed by atoms with van der Waals surface area (Å²) >= 11 is 0. The van der Waals surface area contributed by atoms with Crippen molar-refractivity contribution in [1.82, 2.24) is 0 Å². The minimum atomic E-state index is 0.0719. The molecule has 3 nitrogen and oxygen atoms in total. The molecule has 1 heterocycles. The van der Waals surface area contributed by atoms with E-state index in [1.807, 2.05) is 0 Å². The molecule has 3 rings (SSSR count). The normalized spacial score (nSPS) is 35.5. The number of carbonyl (C=O) groups is 1. The van der Waals surface area contributed by atoms with Crippen molar-refractivity contribution in [2.45, 2.75) is 64.1 Å². The molecule has 1 saturated heterocycles. The van der Waals surface area contributed by atoms with E-state index in [0.29, 0.717) is 11.7 Å². The monoisotopic (exact) mass is 266 g/mol. The van der Waals surface area contributed by atoms with Gasteiger partial charge in [-0.3, -0.25) is 4.79 Å². The second-order valence-electron chi connectivity index (χ2n) is 6.51. The highest BCUT2D eigenvalue weighted by Crippen LogP contribution is 2.41. The Labute approximate surface area is 116 Å². The van der Waals surface area contributed by atoms with Crippen LogP contribution in [0.25, 0.3) is 0 Å². The van der Waals surface area contributed by atoms with Gasteiger partial charge in [0.05, 0.1) is 13.2 Å². The number of rotatable bonds is 2. The molecule has 2 aliphatic carbocycles. The van der Waals surface area contributed by atoms with Gasteiger partial charge in [-0.05, 0) is 56.8 Å². The second kappa shape index (κ2) is 6.36. The van der Waals surface area contributed by atoms with Crippen molar-refractivity contribution >= 4 is 5.78 Å². The molecular weight excluding hydrogens is 240 g/mol. The number of hydrogen-bond donors (Lipinski definition) is 0. The van der Waals surface area contributed by atoms with Gasteiger partial charge in [-0.2, -0.15) is 0 Å². The van der Waals surface area contributed by atoms with Crippen molar-refractivity contribution in [3.05, 3.63) is 0 Å². The number of hydrogen-bond acceptors (Lipinski definition) is 3. The fourth-order valence-corrected chi connectivity index (χ4v) is 4.10. The van der Waals surface area contributed by atoms with Crippen LogP contribution in [0.5, 0.6) is 0 Å². The van der Waals surface area contributed by atoms with Gasteiger partial charge in [0.2, 0.25) is 0 Å². The van der Waals surface area contributed by atoms with Gasteiger partial charge in [-0.1, -0.05) is 0 Å². The number of carbonyl (C=O) groups excluding carboxylic acids is 1. The molecule has 0 N–H and O–H groups in total.